The van der Waals surface area contributed by atoms with Crippen LogP contribution in [0.4, 0.5) is 0 Å². The molecule has 3 aromatic rings. The summed E-state index contributed by atoms with van der Waals surface area (Å²) in [5.41, 5.74) is 2.45. The molecule has 0 saturated carbocycles. The molecule has 0 spiro atoms. The molecule has 2 heterocycles. The van der Waals surface area contributed by atoms with Crippen molar-refractivity contribution in [2.45, 2.75) is 5.16 Å². The van der Waals surface area contributed by atoms with Gasteiger partial charge in [-0.15, -0.1) is 10.2 Å². The summed E-state index contributed by atoms with van der Waals surface area (Å²) in [6, 6.07) is 9.51. The number of aromatic nitrogens is 4. The second-order valence-electron chi connectivity index (χ2n) is 4.03. The summed E-state index contributed by atoms with van der Waals surface area (Å²) in [7, 11) is 1.63. The van der Waals surface area contributed by atoms with Crippen LogP contribution >= 0.6 is 23.4 Å². The third-order valence-corrected chi connectivity index (χ3v) is 3.80. The van der Waals surface area contributed by atoms with Crippen LogP contribution in [0, 0.1) is 0 Å². The summed E-state index contributed by atoms with van der Waals surface area (Å²) in [6.07, 6.45) is 1.92. The zero-order chi connectivity index (χ0) is 14.1. The summed E-state index contributed by atoms with van der Waals surface area (Å²) in [6.45, 7) is 0. The summed E-state index contributed by atoms with van der Waals surface area (Å²) < 4.78 is 6.78. The van der Waals surface area contributed by atoms with Gasteiger partial charge in [0.15, 0.2) is 10.8 Å². The second-order valence-corrected chi connectivity index (χ2v) is 5.17. The van der Waals surface area contributed by atoms with E-state index in [4.69, 9.17) is 16.3 Å². The fourth-order valence-corrected chi connectivity index (χ4v) is 2.56. The Morgan fingerprint density at radius 2 is 1.95 bits per heavy atom. The molecular weight excluding hydrogens is 296 g/mol. The van der Waals surface area contributed by atoms with E-state index in [1.54, 1.807) is 11.6 Å². The zero-order valence-electron chi connectivity index (χ0n) is 10.9. The highest BCUT2D eigenvalue weighted by Crippen LogP contribution is 2.29. The smallest absolute Gasteiger partial charge is 0.212 e. The van der Waals surface area contributed by atoms with Crippen LogP contribution in [-0.4, -0.2) is 33.2 Å². The lowest BCUT2D eigenvalue weighted by molar-refractivity contribution is 0.415. The van der Waals surface area contributed by atoms with Crippen molar-refractivity contribution in [1.29, 1.82) is 0 Å². The zero-order valence-corrected chi connectivity index (χ0v) is 12.4. The predicted molar refractivity (Wildman–Crippen MR) is 79.6 cm³/mol. The van der Waals surface area contributed by atoms with Gasteiger partial charge in [-0.2, -0.15) is 9.61 Å². The van der Waals surface area contributed by atoms with E-state index in [0.717, 1.165) is 16.9 Å². The minimum absolute atomic E-state index is 0.415. The van der Waals surface area contributed by atoms with Crippen molar-refractivity contribution in [3.63, 3.8) is 0 Å². The number of methoxy groups -OCH3 is 1. The molecule has 0 saturated heterocycles. The quantitative estimate of drug-likeness (QED) is 0.696. The number of hydrogen-bond donors (Lipinski definition) is 0. The molecule has 0 N–H and O–H groups in total. The van der Waals surface area contributed by atoms with Crippen LogP contribution in [0.5, 0.6) is 5.75 Å². The Kier molecular flexibility index (Phi) is 3.50. The van der Waals surface area contributed by atoms with Gasteiger partial charge in [-0.3, -0.25) is 0 Å². The fraction of sp³-hybridized carbons (Fsp3) is 0.154. The molecule has 0 aliphatic heterocycles. The molecule has 102 valence electrons. The van der Waals surface area contributed by atoms with Crippen LogP contribution in [-0.2, 0) is 0 Å². The van der Waals surface area contributed by atoms with E-state index in [-0.39, 0.29) is 0 Å². The van der Waals surface area contributed by atoms with Crippen molar-refractivity contribution >= 4 is 29.0 Å². The normalized spacial score (nSPS) is 10.9. The van der Waals surface area contributed by atoms with Gasteiger partial charge in [0.25, 0.3) is 0 Å². The molecule has 0 fully saturated rings. The number of thioether (sulfide) groups is 1. The standard InChI is InChI=1S/C13H11ClN4OS/c1-19-9-5-3-8(4-6-9)10-7-11-15-16-13(20-2)18(11)17-12(10)14/h3-7H,1-2H3. The van der Waals surface area contributed by atoms with Crippen LogP contribution in [0.2, 0.25) is 5.15 Å². The molecule has 0 aliphatic rings. The monoisotopic (exact) mass is 306 g/mol. The summed E-state index contributed by atoms with van der Waals surface area (Å²) >= 11 is 7.74. The van der Waals surface area contributed by atoms with E-state index in [1.807, 2.05) is 36.6 Å². The summed E-state index contributed by atoms with van der Waals surface area (Å²) in [5, 5.41) is 13.6. The van der Waals surface area contributed by atoms with Gasteiger partial charge in [-0.25, -0.2) is 0 Å². The second kappa shape index (κ2) is 5.30. The van der Waals surface area contributed by atoms with Gasteiger partial charge in [0.2, 0.25) is 5.16 Å². The van der Waals surface area contributed by atoms with Crippen molar-refractivity contribution in [3.8, 4) is 16.9 Å². The molecule has 0 radical (unpaired) electrons. The molecule has 0 bridgehead atoms. The SMILES string of the molecule is COc1ccc(-c2cc3nnc(SC)n3nc2Cl)cc1. The van der Waals surface area contributed by atoms with Gasteiger partial charge >= 0.3 is 0 Å². The van der Waals surface area contributed by atoms with Crippen molar-refractivity contribution in [1.82, 2.24) is 19.8 Å². The maximum Gasteiger partial charge on any atom is 0.212 e. The highest BCUT2D eigenvalue weighted by Gasteiger charge is 2.12. The van der Waals surface area contributed by atoms with Crippen LogP contribution in [0.25, 0.3) is 16.8 Å². The molecule has 5 nitrogen and oxygen atoms in total. The van der Waals surface area contributed by atoms with Gasteiger partial charge in [0, 0.05) is 5.56 Å². The Balaban J connectivity index is 2.12. The molecule has 20 heavy (non-hydrogen) atoms. The van der Waals surface area contributed by atoms with E-state index in [2.05, 4.69) is 15.3 Å². The third-order valence-electron chi connectivity index (χ3n) is 2.90. The van der Waals surface area contributed by atoms with E-state index in [9.17, 15) is 0 Å². The molecule has 0 aliphatic carbocycles. The van der Waals surface area contributed by atoms with Crippen molar-refractivity contribution in [2.24, 2.45) is 0 Å². The van der Waals surface area contributed by atoms with E-state index >= 15 is 0 Å². The Hall–Kier alpha value is -1.79. The van der Waals surface area contributed by atoms with Crippen LogP contribution in [0.3, 0.4) is 0 Å². The van der Waals surface area contributed by atoms with Crippen LogP contribution in [0.1, 0.15) is 0 Å². The Bertz CT molecular complexity index is 757. The molecule has 1 aromatic carbocycles. The Morgan fingerprint density at radius 3 is 2.60 bits per heavy atom. The average molecular weight is 307 g/mol. The summed E-state index contributed by atoms with van der Waals surface area (Å²) in [5.74, 6) is 0.797. The lowest BCUT2D eigenvalue weighted by Gasteiger charge is -2.06. The van der Waals surface area contributed by atoms with Crippen molar-refractivity contribution in [3.05, 3.63) is 35.5 Å². The first kappa shape index (κ1) is 13.2. The van der Waals surface area contributed by atoms with Gasteiger partial charge in [-0.05, 0) is 30.0 Å². The molecule has 0 atom stereocenters. The summed E-state index contributed by atoms with van der Waals surface area (Å²) in [4.78, 5) is 0. The third kappa shape index (κ3) is 2.21. The van der Waals surface area contributed by atoms with E-state index in [1.165, 1.54) is 11.8 Å². The maximum atomic E-state index is 6.27. The van der Waals surface area contributed by atoms with Crippen molar-refractivity contribution < 1.29 is 4.74 Å². The number of halogens is 1. The first-order chi connectivity index (χ1) is 9.72. The number of hydrogen-bond acceptors (Lipinski definition) is 5. The Labute approximate surface area is 124 Å². The number of fused-ring (bicyclic) bond motifs is 1. The number of benzene rings is 1. The van der Waals surface area contributed by atoms with Gasteiger partial charge in [0.05, 0.1) is 7.11 Å². The number of nitrogens with zero attached hydrogens (tertiary/aromatic N) is 4. The molecule has 2 aromatic heterocycles. The number of ether oxygens (including phenoxy) is 1. The van der Waals surface area contributed by atoms with Crippen LogP contribution in [0.15, 0.2) is 35.5 Å². The highest BCUT2D eigenvalue weighted by atomic mass is 35.5. The maximum absolute atomic E-state index is 6.27. The predicted octanol–water partition coefficient (Wildman–Crippen LogP) is 3.18. The topological polar surface area (TPSA) is 52.3 Å². The minimum Gasteiger partial charge on any atom is -0.497 e. The lowest BCUT2D eigenvalue weighted by atomic mass is 10.1. The highest BCUT2D eigenvalue weighted by molar-refractivity contribution is 7.98. The van der Waals surface area contributed by atoms with Gasteiger partial charge < -0.3 is 4.74 Å². The van der Waals surface area contributed by atoms with Crippen molar-refractivity contribution in [2.75, 3.05) is 13.4 Å². The number of rotatable bonds is 3. The lowest BCUT2D eigenvalue weighted by Crippen LogP contribution is -1.96. The van der Waals surface area contributed by atoms with E-state index < -0.39 is 0 Å². The van der Waals surface area contributed by atoms with Crippen LogP contribution < -0.4 is 4.74 Å². The van der Waals surface area contributed by atoms with Gasteiger partial charge in [0.1, 0.15) is 5.75 Å². The first-order valence-electron chi connectivity index (χ1n) is 5.83. The molecular formula is C13H11ClN4OS. The fourth-order valence-electron chi connectivity index (χ4n) is 1.89. The minimum atomic E-state index is 0.415. The Morgan fingerprint density at radius 1 is 1.20 bits per heavy atom. The first-order valence-corrected chi connectivity index (χ1v) is 7.43. The largest absolute Gasteiger partial charge is 0.497 e. The molecule has 7 heteroatoms. The average Bonchev–Trinajstić information content (AvgIpc) is 2.88. The molecule has 3 rings (SSSR count). The molecule has 0 amide bonds. The molecule has 0 unspecified atom stereocenters. The van der Waals surface area contributed by atoms with E-state index in [0.29, 0.717) is 16.0 Å². The van der Waals surface area contributed by atoms with Gasteiger partial charge in [-0.1, -0.05) is 35.5 Å².